The Morgan fingerprint density at radius 1 is 1.29 bits per heavy atom. The molecule has 0 amide bonds. The standard InChI is InChI=1S/C25H41N5O4S/c1-6-7-17(2)28-25-27-16-22(23(29-25)18(3)19-8-10-20(31)11-9-19)24(26-4)34-21-12-14-30(15-13-21)35(5,32)33/h16-17,19-21,31H,3,6-15H2,1-2,4-5H3,(H,27,28,29). The van der Waals surface area contributed by atoms with E-state index in [-0.39, 0.29) is 24.2 Å². The molecule has 1 saturated carbocycles. The second-order valence-electron chi connectivity index (χ2n) is 9.83. The van der Waals surface area contributed by atoms with Crippen LogP contribution < -0.4 is 5.32 Å². The van der Waals surface area contributed by atoms with Crippen LogP contribution in [0.3, 0.4) is 0 Å². The van der Waals surface area contributed by atoms with E-state index in [4.69, 9.17) is 9.72 Å². The number of aliphatic imine (C=N–C) groups is 1. The Morgan fingerprint density at radius 3 is 2.51 bits per heavy atom. The predicted octanol–water partition coefficient (Wildman–Crippen LogP) is 3.46. The Morgan fingerprint density at radius 2 is 1.94 bits per heavy atom. The van der Waals surface area contributed by atoms with Gasteiger partial charge in [-0.1, -0.05) is 19.9 Å². The van der Waals surface area contributed by atoms with Crippen LogP contribution in [0, 0.1) is 5.92 Å². The van der Waals surface area contributed by atoms with Crippen molar-refractivity contribution in [3.05, 3.63) is 24.0 Å². The van der Waals surface area contributed by atoms with Crippen LogP contribution in [0.4, 0.5) is 5.95 Å². The lowest BCUT2D eigenvalue weighted by Crippen LogP contribution is -2.41. The number of nitrogens with zero attached hydrogens (tertiary/aromatic N) is 4. The third kappa shape index (κ3) is 7.47. The molecule has 1 aliphatic carbocycles. The average Bonchev–Trinajstić information content (AvgIpc) is 2.82. The summed E-state index contributed by atoms with van der Waals surface area (Å²) in [6.07, 6.45) is 9.11. The van der Waals surface area contributed by atoms with E-state index < -0.39 is 10.0 Å². The number of nitrogens with one attached hydrogen (secondary N) is 1. The maximum Gasteiger partial charge on any atom is 0.223 e. The summed E-state index contributed by atoms with van der Waals surface area (Å²) in [5.41, 5.74) is 2.33. The number of aliphatic hydroxyl groups is 1. The number of hydrogen-bond acceptors (Lipinski definition) is 8. The van der Waals surface area contributed by atoms with Crippen molar-refractivity contribution in [2.75, 3.05) is 31.7 Å². The second-order valence-corrected chi connectivity index (χ2v) is 11.8. The van der Waals surface area contributed by atoms with Crippen molar-refractivity contribution in [3.63, 3.8) is 0 Å². The minimum absolute atomic E-state index is 0.139. The molecule has 0 spiro atoms. The SMILES string of the molecule is C=C(c1nc(NC(C)CCC)ncc1C(=NC)OC1CCN(S(C)(=O)=O)CC1)C1CCC(O)CC1. The van der Waals surface area contributed by atoms with E-state index in [1.54, 1.807) is 13.2 Å². The van der Waals surface area contributed by atoms with Gasteiger partial charge in [-0.3, -0.25) is 4.99 Å². The minimum atomic E-state index is -3.20. The number of rotatable bonds is 9. The number of aliphatic hydroxyl groups excluding tert-OH is 1. The van der Waals surface area contributed by atoms with Gasteiger partial charge in [0.25, 0.3) is 0 Å². The molecule has 1 saturated heterocycles. The molecule has 1 aliphatic heterocycles. The highest BCUT2D eigenvalue weighted by atomic mass is 32.2. The second kappa shape index (κ2) is 12.3. The van der Waals surface area contributed by atoms with E-state index in [0.717, 1.165) is 49.8 Å². The first kappa shape index (κ1) is 27.5. The van der Waals surface area contributed by atoms with E-state index in [9.17, 15) is 13.5 Å². The fraction of sp³-hybridized carbons (Fsp3) is 0.720. The molecule has 1 unspecified atom stereocenters. The van der Waals surface area contributed by atoms with Crippen molar-refractivity contribution >= 4 is 27.4 Å². The van der Waals surface area contributed by atoms with Gasteiger partial charge in [0.05, 0.1) is 23.6 Å². The molecule has 0 aromatic carbocycles. The van der Waals surface area contributed by atoms with Gasteiger partial charge in [0.1, 0.15) is 6.10 Å². The molecule has 2 N–H and O–H groups in total. The Balaban J connectivity index is 1.83. The maximum atomic E-state index is 11.8. The zero-order valence-electron chi connectivity index (χ0n) is 21.5. The lowest BCUT2D eigenvalue weighted by atomic mass is 9.81. The lowest BCUT2D eigenvalue weighted by Gasteiger charge is -2.31. The topological polar surface area (TPSA) is 117 Å². The first-order valence-corrected chi connectivity index (χ1v) is 14.6. The molecule has 9 nitrogen and oxygen atoms in total. The number of piperidine rings is 1. The largest absolute Gasteiger partial charge is 0.474 e. The highest BCUT2D eigenvalue weighted by Crippen LogP contribution is 2.35. The van der Waals surface area contributed by atoms with Crippen LogP contribution in [-0.2, 0) is 14.8 Å². The minimum Gasteiger partial charge on any atom is -0.474 e. The monoisotopic (exact) mass is 507 g/mol. The fourth-order valence-electron chi connectivity index (χ4n) is 4.87. The summed E-state index contributed by atoms with van der Waals surface area (Å²) in [6.45, 7) is 9.53. The molecule has 196 valence electrons. The van der Waals surface area contributed by atoms with Gasteiger partial charge in [-0.25, -0.2) is 22.7 Å². The fourth-order valence-corrected chi connectivity index (χ4v) is 5.75. The van der Waals surface area contributed by atoms with E-state index >= 15 is 0 Å². The first-order chi connectivity index (χ1) is 16.6. The number of hydrogen-bond donors (Lipinski definition) is 2. The molecule has 0 bridgehead atoms. The predicted molar refractivity (Wildman–Crippen MR) is 140 cm³/mol. The molecule has 35 heavy (non-hydrogen) atoms. The van der Waals surface area contributed by atoms with Crippen molar-refractivity contribution in [1.29, 1.82) is 0 Å². The van der Waals surface area contributed by atoms with Crippen LogP contribution in [0.5, 0.6) is 0 Å². The van der Waals surface area contributed by atoms with Crippen molar-refractivity contribution in [1.82, 2.24) is 14.3 Å². The van der Waals surface area contributed by atoms with Crippen LogP contribution in [0.15, 0.2) is 17.8 Å². The lowest BCUT2D eigenvalue weighted by molar-refractivity contribution is 0.119. The van der Waals surface area contributed by atoms with Crippen molar-refractivity contribution in [3.8, 4) is 0 Å². The Kier molecular flexibility index (Phi) is 9.66. The zero-order valence-corrected chi connectivity index (χ0v) is 22.4. The molecule has 2 fully saturated rings. The normalized spacial score (nSPS) is 23.6. The first-order valence-electron chi connectivity index (χ1n) is 12.7. The number of sulfonamides is 1. The summed E-state index contributed by atoms with van der Waals surface area (Å²) in [7, 11) is -1.52. The van der Waals surface area contributed by atoms with Gasteiger partial charge in [0.2, 0.25) is 21.9 Å². The van der Waals surface area contributed by atoms with Gasteiger partial charge >= 0.3 is 0 Å². The van der Waals surface area contributed by atoms with E-state index in [1.807, 2.05) is 0 Å². The van der Waals surface area contributed by atoms with Crippen LogP contribution in [0.1, 0.15) is 76.5 Å². The molecule has 1 aromatic heterocycles. The number of aromatic nitrogens is 2. The molecule has 1 aromatic rings. The van der Waals surface area contributed by atoms with Gasteiger partial charge in [0.15, 0.2) is 0 Å². The Bertz CT molecular complexity index is 997. The van der Waals surface area contributed by atoms with Crippen LogP contribution in [-0.4, -0.2) is 78.3 Å². The Hall–Kier alpha value is -2.04. The third-order valence-corrected chi connectivity index (χ3v) is 8.26. The third-order valence-electron chi connectivity index (χ3n) is 6.96. The van der Waals surface area contributed by atoms with E-state index in [1.165, 1.54) is 10.6 Å². The molecule has 2 aliphatic rings. The van der Waals surface area contributed by atoms with Crippen LogP contribution in [0.2, 0.25) is 0 Å². The van der Waals surface area contributed by atoms with Gasteiger partial charge < -0.3 is 15.2 Å². The smallest absolute Gasteiger partial charge is 0.223 e. The van der Waals surface area contributed by atoms with E-state index in [0.29, 0.717) is 43.3 Å². The summed E-state index contributed by atoms with van der Waals surface area (Å²) in [5.74, 6) is 1.23. The molecular weight excluding hydrogens is 466 g/mol. The molecule has 3 rings (SSSR count). The maximum absolute atomic E-state index is 11.8. The Labute approximate surface area is 210 Å². The summed E-state index contributed by atoms with van der Waals surface area (Å²) in [5, 5.41) is 13.3. The van der Waals surface area contributed by atoms with Gasteiger partial charge in [-0.2, -0.15) is 0 Å². The molecular formula is C25H41N5O4S. The summed E-state index contributed by atoms with van der Waals surface area (Å²) in [4.78, 5) is 13.8. The van der Waals surface area contributed by atoms with Crippen LogP contribution >= 0.6 is 0 Å². The zero-order chi connectivity index (χ0) is 25.6. The highest BCUT2D eigenvalue weighted by Gasteiger charge is 2.30. The van der Waals surface area contributed by atoms with Crippen molar-refractivity contribution < 1.29 is 18.3 Å². The number of anilines is 1. The summed E-state index contributed by atoms with van der Waals surface area (Å²) < 4.78 is 31.5. The van der Waals surface area contributed by atoms with Gasteiger partial charge in [0, 0.05) is 32.4 Å². The molecule has 10 heteroatoms. The van der Waals surface area contributed by atoms with Crippen LogP contribution in [0.25, 0.3) is 5.57 Å². The van der Waals surface area contributed by atoms with Crippen molar-refractivity contribution in [2.45, 2.75) is 83.5 Å². The summed E-state index contributed by atoms with van der Waals surface area (Å²) >= 11 is 0. The van der Waals surface area contributed by atoms with Gasteiger partial charge in [-0.15, -0.1) is 0 Å². The van der Waals surface area contributed by atoms with Gasteiger partial charge in [-0.05, 0) is 63.4 Å². The highest BCUT2D eigenvalue weighted by molar-refractivity contribution is 7.88. The molecule has 0 radical (unpaired) electrons. The van der Waals surface area contributed by atoms with Crippen molar-refractivity contribution in [2.24, 2.45) is 10.9 Å². The quantitative estimate of drug-likeness (QED) is 0.388. The summed E-state index contributed by atoms with van der Waals surface area (Å²) in [6, 6.07) is 0.243. The average molecular weight is 508 g/mol. The number of allylic oxidation sites excluding steroid dienone is 1. The number of ether oxygens (including phenoxy) is 1. The molecule has 2 heterocycles. The van der Waals surface area contributed by atoms with E-state index in [2.05, 4.69) is 35.7 Å². The molecule has 1 atom stereocenters.